The number of benzene rings is 2. The molecular weight excluding hydrogens is 300 g/mol. The summed E-state index contributed by atoms with van der Waals surface area (Å²) in [4.78, 5) is 4.30. The van der Waals surface area contributed by atoms with E-state index in [1.807, 2.05) is 43.3 Å². The zero-order valence-corrected chi connectivity index (χ0v) is 12.7. The highest BCUT2D eigenvalue weighted by Gasteiger charge is 2.13. The fourth-order valence-corrected chi connectivity index (χ4v) is 2.86. The molecule has 1 nitrogen and oxygen atoms in total. The van der Waals surface area contributed by atoms with Crippen LogP contribution in [0.5, 0.6) is 0 Å². The lowest BCUT2D eigenvalue weighted by molar-refractivity contribution is 0.589. The van der Waals surface area contributed by atoms with Gasteiger partial charge in [0.05, 0.1) is 11.3 Å². The molecule has 0 amide bonds. The van der Waals surface area contributed by atoms with Crippen LogP contribution >= 0.6 is 11.3 Å². The van der Waals surface area contributed by atoms with Gasteiger partial charge in [-0.05, 0) is 36.3 Å². The minimum absolute atomic E-state index is 0.0747. The van der Waals surface area contributed by atoms with Crippen LogP contribution < -0.4 is 0 Å². The van der Waals surface area contributed by atoms with Crippen LogP contribution in [0.15, 0.2) is 47.8 Å². The van der Waals surface area contributed by atoms with Crippen LogP contribution in [0.4, 0.5) is 8.78 Å². The number of halogens is 2. The highest BCUT2D eigenvalue weighted by molar-refractivity contribution is 7.10. The van der Waals surface area contributed by atoms with Crippen molar-refractivity contribution >= 4 is 23.5 Å². The zero-order chi connectivity index (χ0) is 15.5. The Hall–Kier alpha value is -2.33. The molecular formula is C18H13F2NS. The lowest BCUT2D eigenvalue weighted by atomic mass is 10.1. The largest absolute Gasteiger partial charge is 0.236 e. The Balaban J connectivity index is 1.90. The van der Waals surface area contributed by atoms with Crippen molar-refractivity contribution < 1.29 is 8.78 Å². The summed E-state index contributed by atoms with van der Waals surface area (Å²) in [7, 11) is 0. The molecule has 0 atom stereocenters. The summed E-state index contributed by atoms with van der Waals surface area (Å²) in [5.41, 5.74) is 2.51. The van der Waals surface area contributed by atoms with Gasteiger partial charge in [0.15, 0.2) is 0 Å². The second-order valence-corrected chi connectivity index (χ2v) is 5.75. The van der Waals surface area contributed by atoms with E-state index >= 15 is 0 Å². The Morgan fingerprint density at radius 3 is 2.41 bits per heavy atom. The second kappa shape index (κ2) is 6.20. The Morgan fingerprint density at radius 2 is 1.68 bits per heavy atom. The van der Waals surface area contributed by atoms with Gasteiger partial charge >= 0.3 is 0 Å². The minimum Gasteiger partial charge on any atom is -0.236 e. The van der Waals surface area contributed by atoms with Crippen LogP contribution in [0.25, 0.3) is 23.4 Å². The molecule has 0 unspecified atom stereocenters. The van der Waals surface area contributed by atoms with Crippen molar-refractivity contribution in [3.63, 3.8) is 0 Å². The lowest BCUT2D eigenvalue weighted by Crippen LogP contribution is -1.89. The summed E-state index contributed by atoms with van der Waals surface area (Å²) in [5.74, 6) is -1.19. The van der Waals surface area contributed by atoms with Gasteiger partial charge in [-0.3, -0.25) is 0 Å². The number of hydrogen-bond acceptors (Lipinski definition) is 2. The average molecular weight is 313 g/mol. The first-order chi connectivity index (χ1) is 10.6. The number of hydrogen-bond donors (Lipinski definition) is 0. The maximum absolute atomic E-state index is 13.8. The topological polar surface area (TPSA) is 12.9 Å². The predicted molar refractivity (Wildman–Crippen MR) is 87.6 cm³/mol. The van der Waals surface area contributed by atoms with Gasteiger partial charge in [-0.1, -0.05) is 36.4 Å². The van der Waals surface area contributed by atoms with Gasteiger partial charge in [0, 0.05) is 5.38 Å². The van der Waals surface area contributed by atoms with Crippen molar-refractivity contribution in [1.82, 2.24) is 4.98 Å². The predicted octanol–water partition coefficient (Wildman–Crippen LogP) is 5.57. The zero-order valence-electron chi connectivity index (χ0n) is 11.9. The highest BCUT2D eigenvalue weighted by Crippen LogP contribution is 2.28. The molecule has 0 N–H and O–H groups in total. The first-order valence-electron chi connectivity index (χ1n) is 6.79. The fraction of sp³-hybridized carbons (Fsp3) is 0.0556. The van der Waals surface area contributed by atoms with Crippen LogP contribution in [-0.2, 0) is 0 Å². The van der Waals surface area contributed by atoms with Crippen molar-refractivity contribution in [1.29, 1.82) is 0 Å². The molecule has 0 aliphatic carbocycles. The van der Waals surface area contributed by atoms with Crippen molar-refractivity contribution in [3.05, 3.63) is 75.6 Å². The molecule has 0 saturated heterocycles. The summed E-state index contributed by atoms with van der Waals surface area (Å²) < 4.78 is 27.5. The number of aromatic nitrogens is 1. The highest BCUT2D eigenvalue weighted by atomic mass is 32.1. The third kappa shape index (κ3) is 2.97. The molecule has 0 spiro atoms. The van der Waals surface area contributed by atoms with Gasteiger partial charge in [0.25, 0.3) is 0 Å². The van der Waals surface area contributed by atoms with E-state index in [0.29, 0.717) is 10.7 Å². The molecule has 0 radical (unpaired) electrons. The fourth-order valence-electron chi connectivity index (χ4n) is 2.16. The van der Waals surface area contributed by atoms with E-state index in [4.69, 9.17) is 0 Å². The quantitative estimate of drug-likeness (QED) is 0.616. The van der Waals surface area contributed by atoms with Gasteiger partial charge in [0.1, 0.15) is 16.6 Å². The van der Waals surface area contributed by atoms with Crippen molar-refractivity contribution in [2.75, 3.05) is 0 Å². The van der Waals surface area contributed by atoms with E-state index in [0.717, 1.165) is 11.1 Å². The molecule has 0 aliphatic heterocycles. The number of rotatable bonds is 3. The van der Waals surface area contributed by atoms with E-state index < -0.39 is 11.6 Å². The Morgan fingerprint density at radius 1 is 0.955 bits per heavy atom. The average Bonchev–Trinajstić information content (AvgIpc) is 2.95. The number of thiazole rings is 1. The Labute approximate surface area is 131 Å². The monoisotopic (exact) mass is 313 g/mol. The summed E-state index contributed by atoms with van der Waals surface area (Å²) in [6.07, 6.45) is 3.81. The Kier molecular flexibility index (Phi) is 4.11. The molecule has 22 heavy (non-hydrogen) atoms. The van der Waals surface area contributed by atoms with Gasteiger partial charge in [0.2, 0.25) is 0 Å². The van der Waals surface area contributed by atoms with Crippen molar-refractivity contribution in [2.24, 2.45) is 0 Å². The summed E-state index contributed by atoms with van der Waals surface area (Å²) in [5, 5.41) is 2.37. The van der Waals surface area contributed by atoms with E-state index in [-0.39, 0.29) is 5.56 Å². The standard InChI is InChI=1S/C18H13F2NS/c1-12-5-2-3-6-13(12)9-10-17-21-16(11-22-17)18-14(19)7-4-8-15(18)20/h2-11H,1H3/b10-9+. The smallest absolute Gasteiger partial charge is 0.135 e. The van der Waals surface area contributed by atoms with Gasteiger partial charge < -0.3 is 0 Å². The SMILES string of the molecule is Cc1ccccc1/C=C/c1nc(-c2c(F)cccc2F)cs1. The van der Waals surface area contributed by atoms with Gasteiger partial charge in [-0.25, -0.2) is 13.8 Å². The third-order valence-electron chi connectivity index (χ3n) is 3.33. The molecule has 3 aromatic rings. The van der Waals surface area contributed by atoms with E-state index in [1.165, 1.54) is 29.5 Å². The van der Waals surface area contributed by atoms with Crippen molar-refractivity contribution in [2.45, 2.75) is 6.92 Å². The normalized spacial score (nSPS) is 11.2. The summed E-state index contributed by atoms with van der Waals surface area (Å²) in [6.45, 7) is 2.03. The maximum atomic E-state index is 13.8. The molecule has 4 heteroatoms. The van der Waals surface area contributed by atoms with Gasteiger partial charge in [-0.2, -0.15) is 0 Å². The molecule has 3 rings (SSSR count). The number of aryl methyl sites for hydroxylation is 1. The van der Waals surface area contributed by atoms with Crippen LogP contribution in [0.1, 0.15) is 16.1 Å². The number of nitrogens with zero attached hydrogens (tertiary/aromatic N) is 1. The molecule has 110 valence electrons. The maximum Gasteiger partial charge on any atom is 0.135 e. The first kappa shape index (κ1) is 14.6. The molecule has 0 fully saturated rings. The minimum atomic E-state index is -0.597. The molecule has 0 aliphatic rings. The summed E-state index contributed by atoms with van der Waals surface area (Å²) >= 11 is 1.36. The Bertz CT molecular complexity index is 816. The molecule has 0 saturated carbocycles. The van der Waals surface area contributed by atoms with E-state index in [2.05, 4.69) is 4.98 Å². The third-order valence-corrected chi connectivity index (χ3v) is 4.14. The van der Waals surface area contributed by atoms with Gasteiger partial charge in [-0.15, -0.1) is 11.3 Å². The van der Waals surface area contributed by atoms with Crippen LogP contribution in [0.3, 0.4) is 0 Å². The summed E-state index contributed by atoms with van der Waals surface area (Å²) in [6, 6.07) is 11.8. The van der Waals surface area contributed by atoms with Crippen molar-refractivity contribution in [3.8, 4) is 11.3 Å². The molecule has 1 heterocycles. The lowest BCUT2D eigenvalue weighted by Gasteiger charge is -2.00. The molecule has 2 aromatic carbocycles. The second-order valence-electron chi connectivity index (χ2n) is 4.86. The van der Waals surface area contributed by atoms with Crippen LogP contribution in [0, 0.1) is 18.6 Å². The van der Waals surface area contributed by atoms with E-state index in [9.17, 15) is 8.78 Å². The first-order valence-corrected chi connectivity index (χ1v) is 7.67. The molecule has 1 aromatic heterocycles. The molecule has 0 bridgehead atoms. The van der Waals surface area contributed by atoms with E-state index in [1.54, 1.807) is 5.38 Å². The van der Waals surface area contributed by atoms with Crippen LogP contribution in [0.2, 0.25) is 0 Å². The van der Waals surface area contributed by atoms with Crippen LogP contribution in [-0.4, -0.2) is 4.98 Å².